The highest BCUT2D eigenvalue weighted by atomic mass is 16.3. The second kappa shape index (κ2) is 5.08. The summed E-state index contributed by atoms with van der Waals surface area (Å²) in [5.41, 5.74) is 12.3. The van der Waals surface area contributed by atoms with Crippen LogP contribution in [0.25, 0.3) is 22.6 Å². The molecule has 0 unspecified atom stereocenters. The Morgan fingerprint density at radius 3 is 3.00 bits per heavy atom. The molecule has 3 aromatic rings. The zero-order valence-electron chi connectivity index (χ0n) is 13.1. The van der Waals surface area contributed by atoms with Crippen LogP contribution in [0.15, 0.2) is 34.0 Å². The molecule has 0 amide bonds. The first-order valence-corrected chi connectivity index (χ1v) is 7.50. The maximum atomic E-state index is 6.23. The Morgan fingerprint density at radius 2 is 2.26 bits per heavy atom. The van der Waals surface area contributed by atoms with Gasteiger partial charge in [0.2, 0.25) is 0 Å². The lowest BCUT2D eigenvalue weighted by Crippen LogP contribution is -2.13. The predicted octanol–water partition coefficient (Wildman–Crippen LogP) is 2.47. The molecule has 0 aliphatic heterocycles. The highest BCUT2D eigenvalue weighted by molar-refractivity contribution is 5.97. The van der Waals surface area contributed by atoms with Crippen LogP contribution < -0.4 is 5.73 Å². The third-order valence-corrected chi connectivity index (χ3v) is 4.32. The van der Waals surface area contributed by atoms with Crippen LogP contribution in [0, 0.1) is 0 Å². The van der Waals surface area contributed by atoms with Crippen molar-refractivity contribution in [3.8, 4) is 22.6 Å². The lowest BCUT2D eigenvalue weighted by Gasteiger charge is -2.21. The molecular formula is C17H17N5O. The lowest BCUT2D eigenvalue weighted by molar-refractivity contribution is 0.581. The van der Waals surface area contributed by atoms with E-state index in [2.05, 4.69) is 15.1 Å². The molecule has 0 bridgehead atoms. The molecular weight excluding hydrogens is 290 g/mol. The fraction of sp³-hybridized carbons (Fsp3) is 0.235. The molecule has 1 aliphatic rings. The Bertz CT molecular complexity index is 906. The topological polar surface area (TPSA) is 82.2 Å². The van der Waals surface area contributed by atoms with Gasteiger partial charge in [0.1, 0.15) is 11.6 Å². The first-order valence-electron chi connectivity index (χ1n) is 7.50. The van der Waals surface area contributed by atoms with Gasteiger partial charge < -0.3 is 10.2 Å². The normalized spacial score (nSPS) is 13.3. The monoisotopic (exact) mass is 307 g/mol. The molecule has 116 valence electrons. The van der Waals surface area contributed by atoms with E-state index in [1.165, 1.54) is 5.69 Å². The summed E-state index contributed by atoms with van der Waals surface area (Å²) in [6.07, 6.45) is 7.07. The van der Waals surface area contributed by atoms with Crippen molar-refractivity contribution in [2.45, 2.75) is 12.8 Å². The number of fused-ring (bicyclic) bond motifs is 3. The van der Waals surface area contributed by atoms with Crippen LogP contribution in [-0.2, 0) is 19.9 Å². The summed E-state index contributed by atoms with van der Waals surface area (Å²) in [6.45, 7) is 0. The molecule has 0 spiro atoms. The van der Waals surface area contributed by atoms with Crippen molar-refractivity contribution < 1.29 is 4.42 Å². The zero-order chi connectivity index (χ0) is 16.0. The highest BCUT2D eigenvalue weighted by Gasteiger charge is 2.27. The zero-order valence-corrected chi connectivity index (χ0v) is 13.1. The maximum Gasteiger partial charge on any atom is 0.135 e. The van der Waals surface area contributed by atoms with Gasteiger partial charge in [-0.1, -0.05) is 0 Å². The van der Waals surface area contributed by atoms with Gasteiger partial charge in [0.15, 0.2) is 0 Å². The molecule has 23 heavy (non-hydrogen) atoms. The van der Waals surface area contributed by atoms with Crippen LogP contribution in [0.4, 0.5) is 5.82 Å². The van der Waals surface area contributed by atoms with E-state index in [1.54, 1.807) is 19.5 Å². The molecule has 3 heterocycles. The number of nitrogen functional groups attached to an aromatic ring is 1. The van der Waals surface area contributed by atoms with Gasteiger partial charge in [0, 0.05) is 42.7 Å². The van der Waals surface area contributed by atoms with Crippen LogP contribution in [0.5, 0.6) is 0 Å². The van der Waals surface area contributed by atoms with Gasteiger partial charge in [0.25, 0.3) is 0 Å². The van der Waals surface area contributed by atoms with E-state index in [0.29, 0.717) is 5.82 Å². The summed E-state index contributed by atoms with van der Waals surface area (Å²) < 4.78 is 7.56. The van der Waals surface area contributed by atoms with Crippen molar-refractivity contribution in [3.05, 3.63) is 41.4 Å². The first-order chi connectivity index (χ1) is 11.2. The number of furan rings is 1. The maximum absolute atomic E-state index is 6.23. The smallest absolute Gasteiger partial charge is 0.135 e. The predicted molar refractivity (Wildman–Crippen MR) is 89.5 cm³/mol. The number of hydrogen-bond acceptors (Lipinski definition) is 5. The average Bonchev–Trinajstić information content (AvgIpc) is 3.19. The minimum absolute atomic E-state index is 0.456. The van der Waals surface area contributed by atoms with Crippen molar-refractivity contribution in [1.82, 2.24) is 14.8 Å². The van der Waals surface area contributed by atoms with Crippen LogP contribution in [0.2, 0.25) is 0 Å². The summed E-state index contributed by atoms with van der Waals surface area (Å²) in [4.78, 5) is 8.78. The number of pyridine rings is 1. The van der Waals surface area contributed by atoms with Gasteiger partial charge >= 0.3 is 0 Å². The van der Waals surface area contributed by atoms with Crippen molar-refractivity contribution in [3.63, 3.8) is 0 Å². The van der Waals surface area contributed by atoms with E-state index in [4.69, 9.17) is 10.2 Å². The Hall–Kier alpha value is -2.89. The Kier molecular flexibility index (Phi) is 3.04. The summed E-state index contributed by atoms with van der Waals surface area (Å²) in [6, 6.07) is 3.82. The third-order valence-electron chi connectivity index (χ3n) is 4.32. The van der Waals surface area contributed by atoms with Gasteiger partial charge in [-0.15, -0.1) is 0 Å². The second-order valence-electron chi connectivity index (χ2n) is 5.61. The van der Waals surface area contributed by atoms with Gasteiger partial charge in [-0.05, 0) is 30.5 Å². The van der Waals surface area contributed by atoms with Gasteiger partial charge in [-0.25, -0.2) is 4.98 Å². The number of nitrogens with zero attached hydrogens (tertiary/aromatic N) is 4. The molecule has 1 aliphatic carbocycles. The molecule has 0 saturated carbocycles. The van der Waals surface area contributed by atoms with Crippen LogP contribution in [-0.4, -0.2) is 28.0 Å². The van der Waals surface area contributed by atoms with E-state index in [0.717, 1.165) is 46.5 Å². The number of anilines is 1. The van der Waals surface area contributed by atoms with Crippen LogP contribution >= 0.6 is 0 Å². The minimum Gasteiger partial charge on any atom is -0.464 e. The van der Waals surface area contributed by atoms with Gasteiger partial charge in [-0.2, -0.15) is 5.10 Å². The molecule has 0 aromatic carbocycles. The number of aliphatic imine (C=N–C) groups is 1. The molecule has 0 radical (unpaired) electrons. The number of rotatable bonds is 2. The molecule has 6 heteroatoms. The van der Waals surface area contributed by atoms with E-state index in [9.17, 15) is 0 Å². The van der Waals surface area contributed by atoms with E-state index >= 15 is 0 Å². The van der Waals surface area contributed by atoms with Gasteiger partial charge in [0.05, 0.1) is 18.2 Å². The summed E-state index contributed by atoms with van der Waals surface area (Å²) >= 11 is 0. The van der Waals surface area contributed by atoms with E-state index < -0.39 is 0 Å². The van der Waals surface area contributed by atoms with Crippen molar-refractivity contribution >= 4 is 12.0 Å². The highest BCUT2D eigenvalue weighted by Crippen LogP contribution is 2.40. The molecule has 3 aromatic heterocycles. The van der Waals surface area contributed by atoms with Crippen LogP contribution in [0.3, 0.4) is 0 Å². The number of nitrogens with two attached hydrogens (primary N) is 1. The summed E-state index contributed by atoms with van der Waals surface area (Å²) in [7, 11) is 3.68. The quantitative estimate of drug-likeness (QED) is 0.737. The summed E-state index contributed by atoms with van der Waals surface area (Å²) in [5, 5.41) is 4.36. The molecule has 6 nitrogen and oxygen atoms in total. The van der Waals surface area contributed by atoms with Crippen molar-refractivity contribution in [2.75, 3.05) is 12.8 Å². The Balaban J connectivity index is 2.07. The van der Waals surface area contributed by atoms with Crippen molar-refractivity contribution in [2.24, 2.45) is 12.0 Å². The van der Waals surface area contributed by atoms with Crippen LogP contribution in [0.1, 0.15) is 16.8 Å². The fourth-order valence-corrected chi connectivity index (χ4v) is 3.29. The third kappa shape index (κ3) is 1.98. The van der Waals surface area contributed by atoms with Crippen molar-refractivity contribution in [1.29, 1.82) is 0 Å². The molecule has 2 N–H and O–H groups in total. The standard InChI is InChI=1S/C17H17N5O/c1-19-8-12-15(14-4-3-7-23-14)10-5-6-13-11(9-20-22(13)2)16(10)21-17(12)18/h3-4,7-9H,5-6H2,1-2H3,(H2,18,21). The van der Waals surface area contributed by atoms with Gasteiger partial charge in [-0.3, -0.25) is 9.67 Å². The molecule has 0 saturated heterocycles. The Morgan fingerprint density at radius 1 is 1.39 bits per heavy atom. The SMILES string of the molecule is CN=Cc1c(N)nc2c(c1-c1ccco1)CCc1c-2cnn1C. The Labute approximate surface area is 133 Å². The summed E-state index contributed by atoms with van der Waals surface area (Å²) in [5.74, 6) is 1.25. The number of aryl methyl sites for hydroxylation is 1. The average molecular weight is 307 g/mol. The number of hydrogen-bond donors (Lipinski definition) is 1. The van der Waals surface area contributed by atoms with E-state index in [1.807, 2.05) is 30.1 Å². The minimum atomic E-state index is 0.456. The molecule has 4 rings (SSSR count). The molecule has 0 fully saturated rings. The van der Waals surface area contributed by atoms with E-state index in [-0.39, 0.29) is 0 Å². The second-order valence-corrected chi connectivity index (χ2v) is 5.61. The number of aromatic nitrogens is 3. The largest absolute Gasteiger partial charge is 0.464 e. The first kappa shape index (κ1) is 13.8. The molecule has 0 atom stereocenters. The lowest BCUT2D eigenvalue weighted by atomic mass is 9.87. The fourth-order valence-electron chi connectivity index (χ4n) is 3.29.